The zero-order valence-corrected chi connectivity index (χ0v) is 12.5. The Morgan fingerprint density at radius 3 is 2.70 bits per heavy atom. The van der Waals surface area contributed by atoms with E-state index in [9.17, 15) is 20.0 Å². The Morgan fingerprint density at radius 2 is 2.15 bits per heavy atom. The fraction of sp³-hybridized carbons (Fsp3) is 0.462. The van der Waals surface area contributed by atoms with Crippen molar-refractivity contribution >= 4 is 27.5 Å². The molecule has 0 atom stereocenters. The third-order valence-electron chi connectivity index (χ3n) is 3.43. The number of hydrogen-bond donors (Lipinski definition) is 1. The summed E-state index contributed by atoms with van der Waals surface area (Å²) < 4.78 is 0.502. The van der Waals surface area contributed by atoms with Crippen molar-refractivity contribution in [3.63, 3.8) is 0 Å². The molecule has 20 heavy (non-hydrogen) atoms. The molecule has 0 spiro atoms. The van der Waals surface area contributed by atoms with E-state index >= 15 is 0 Å². The average molecular weight is 343 g/mol. The number of halogens is 1. The van der Waals surface area contributed by atoms with E-state index in [1.54, 1.807) is 18.0 Å². The lowest BCUT2D eigenvalue weighted by Crippen LogP contribution is -2.39. The number of aliphatic hydroxyl groups excluding tert-OH is 1. The molecular formula is C13H15BrN2O4. The molecule has 1 saturated carbocycles. The monoisotopic (exact) mass is 342 g/mol. The number of nitro groups is 1. The molecule has 0 unspecified atom stereocenters. The van der Waals surface area contributed by atoms with Gasteiger partial charge in [0, 0.05) is 35.8 Å². The zero-order chi connectivity index (χ0) is 14.9. The van der Waals surface area contributed by atoms with Crippen LogP contribution in [0.3, 0.4) is 0 Å². The van der Waals surface area contributed by atoms with Crippen molar-refractivity contribution < 1.29 is 14.8 Å². The Bertz CT molecular complexity index is 543. The molecule has 1 aliphatic rings. The molecule has 1 aromatic rings. The third-order valence-corrected chi connectivity index (χ3v) is 3.89. The van der Waals surface area contributed by atoms with Crippen molar-refractivity contribution in [1.82, 2.24) is 4.90 Å². The lowest BCUT2D eigenvalue weighted by Gasteiger charge is -2.34. The lowest BCUT2D eigenvalue weighted by molar-refractivity contribution is -0.385. The van der Waals surface area contributed by atoms with Gasteiger partial charge in [0.05, 0.1) is 11.0 Å². The van der Waals surface area contributed by atoms with Gasteiger partial charge < -0.3 is 10.0 Å². The summed E-state index contributed by atoms with van der Waals surface area (Å²) in [7, 11) is 1.67. The van der Waals surface area contributed by atoms with Crippen LogP contribution in [0.25, 0.3) is 0 Å². The van der Waals surface area contributed by atoms with E-state index < -0.39 is 4.92 Å². The predicted molar refractivity (Wildman–Crippen MR) is 76.5 cm³/mol. The van der Waals surface area contributed by atoms with Crippen molar-refractivity contribution in [1.29, 1.82) is 0 Å². The van der Waals surface area contributed by atoms with Crippen LogP contribution in [0.15, 0.2) is 22.7 Å². The van der Waals surface area contributed by atoms with Crippen molar-refractivity contribution in [2.75, 3.05) is 13.6 Å². The van der Waals surface area contributed by atoms with Crippen LogP contribution in [-0.2, 0) is 0 Å². The summed E-state index contributed by atoms with van der Waals surface area (Å²) in [4.78, 5) is 24.1. The Kier molecular flexibility index (Phi) is 4.39. The number of amides is 1. The fourth-order valence-corrected chi connectivity index (χ4v) is 2.82. The van der Waals surface area contributed by atoms with Crippen LogP contribution >= 0.6 is 15.9 Å². The molecule has 1 aliphatic carbocycles. The molecule has 108 valence electrons. The van der Waals surface area contributed by atoms with Gasteiger partial charge in [0.2, 0.25) is 0 Å². The quantitative estimate of drug-likeness (QED) is 0.671. The number of nitro benzene ring substituents is 1. The topological polar surface area (TPSA) is 83.7 Å². The number of carbonyl (C=O) groups is 1. The van der Waals surface area contributed by atoms with Crippen LogP contribution in [-0.4, -0.2) is 40.5 Å². The van der Waals surface area contributed by atoms with E-state index in [4.69, 9.17) is 0 Å². The van der Waals surface area contributed by atoms with Crippen LogP contribution in [0.2, 0.25) is 0 Å². The zero-order valence-electron chi connectivity index (χ0n) is 11.0. The molecule has 0 aromatic heterocycles. The maximum absolute atomic E-state index is 12.2. The molecule has 0 bridgehead atoms. The molecular weight excluding hydrogens is 328 g/mol. The highest BCUT2D eigenvalue weighted by atomic mass is 79.9. The summed E-state index contributed by atoms with van der Waals surface area (Å²) >= 11 is 3.17. The molecule has 0 saturated heterocycles. The number of rotatable bonds is 4. The van der Waals surface area contributed by atoms with Gasteiger partial charge in [0.25, 0.3) is 11.6 Å². The first kappa shape index (κ1) is 14.9. The first-order valence-corrected chi connectivity index (χ1v) is 7.04. The molecule has 6 nitrogen and oxygen atoms in total. The Balaban J connectivity index is 2.09. The van der Waals surface area contributed by atoms with Gasteiger partial charge in [0.15, 0.2) is 0 Å². The Hall–Kier alpha value is -1.47. The average Bonchev–Trinajstić information content (AvgIpc) is 2.35. The second kappa shape index (κ2) is 5.88. The Labute approximate surface area is 124 Å². The number of carbonyl (C=O) groups excluding carboxylic acids is 1. The van der Waals surface area contributed by atoms with Gasteiger partial charge in [-0.1, -0.05) is 15.9 Å². The Morgan fingerprint density at radius 1 is 1.50 bits per heavy atom. The molecule has 1 N–H and O–H groups in total. The van der Waals surface area contributed by atoms with Gasteiger partial charge >= 0.3 is 0 Å². The predicted octanol–water partition coefficient (Wildman–Crippen LogP) is 2.20. The molecule has 0 aliphatic heterocycles. The highest BCUT2D eigenvalue weighted by Crippen LogP contribution is 2.28. The smallest absolute Gasteiger partial charge is 0.271 e. The van der Waals surface area contributed by atoms with Gasteiger partial charge in [0.1, 0.15) is 0 Å². The van der Waals surface area contributed by atoms with Gasteiger partial charge in [-0.15, -0.1) is 0 Å². The fourth-order valence-electron chi connectivity index (χ4n) is 2.34. The van der Waals surface area contributed by atoms with Crippen molar-refractivity contribution in [3.05, 3.63) is 38.3 Å². The van der Waals surface area contributed by atoms with Crippen LogP contribution in [0, 0.1) is 16.0 Å². The summed E-state index contributed by atoms with van der Waals surface area (Å²) in [5.74, 6) is 0.0527. The first-order valence-electron chi connectivity index (χ1n) is 6.25. The van der Waals surface area contributed by atoms with Crippen LogP contribution in [0.4, 0.5) is 5.69 Å². The summed E-state index contributed by atoms with van der Waals surface area (Å²) in [6.45, 7) is 0.552. The van der Waals surface area contributed by atoms with Gasteiger partial charge in [-0.3, -0.25) is 14.9 Å². The standard InChI is InChI=1S/C13H15BrN2O4/c1-15(7-8-2-12(17)3-8)13(18)9-4-10(14)6-11(5-9)16(19)20/h4-6,8,12,17H,2-3,7H2,1H3. The minimum absolute atomic E-state index is 0.116. The minimum atomic E-state index is -0.524. The molecule has 1 amide bonds. The minimum Gasteiger partial charge on any atom is -0.393 e. The summed E-state index contributed by atoms with van der Waals surface area (Å²) in [6.07, 6.45) is 1.16. The summed E-state index contributed by atoms with van der Waals surface area (Å²) in [5, 5.41) is 20.0. The van der Waals surface area contributed by atoms with Gasteiger partial charge in [-0.05, 0) is 24.8 Å². The van der Waals surface area contributed by atoms with E-state index in [1.807, 2.05) is 0 Å². The number of nitrogens with zero attached hydrogens (tertiary/aromatic N) is 2. The lowest BCUT2D eigenvalue weighted by atomic mass is 9.82. The third kappa shape index (κ3) is 3.34. The molecule has 7 heteroatoms. The van der Waals surface area contributed by atoms with Crippen LogP contribution < -0.4 is 0 Å². The van der Waals surface area contributed by atoms with E-state index in [-0.39, 0.29) is 23.3 Å². The molecule has 2 rings (SSSR count). The maximum Gasteiger partial charge on any atom is 0.271 e. The van der Waals surface area contributed by atoms with E-state index in [0.29, 0.717) is 29.8 Å². The van der Waals surface area contributed by atoms with E-state index in [0.717, 1.165) is 0 Å². The molecule has 1 fully saturated rings. The van der Waals surface area contributed by atoms with Crippen LogP contribution in [0.5, 0.6) is 0 Å². The maximum atomic E-state index is 12.2. The largest absolute Gasteiger partial charge is 0.393 e. The van der Waals surface area contributed by atoms with Crippen molar-refractivity contribution in [3.8, 4) is 0 Å². The number of hydrogen-bond acceptors (Lipinski definition) is 4. The summed E-state index contributed by atoms with van der Waals surface area (Å²) in [6, 6.07) is 4.21. The molecule has 0 radical (unpaired) electrons. The van der Waals surface area contributed by atoms with Crippen molar-refractivity contribution in [2.24, 2.45) is 5.92 Å². The number of benzene rings is 1. The number of non-ortho nitro benzene ring substituents is 1. The van der Waals surface area contributed by atoms with E-state index in [2.05, 4.69) is 15.9 Å². The molecule has 1 aromatic carbocycles. The normalized spacial score (nSPS) is 21.1. The first-order chi connectivity index (χ1) is 9.36. The second-order valence-corrected chi connectivity index (χ2v) is 6.05. The summed E-state index contributed by atoms with van der Waals surface area (Å²) in [5.41, 5.74) is 0.170. The SMILES string of the molecule is CN(CC1CC(O)C1)C(=O)c1cc(Br)cc([N+](=O)[O-])c1. The highest BCUT2D eigenvalue weighted by molar-refractivity contribution is 9.10. The van der Waals surface area contributed by atoms with Crippen LogP contribution in [0.1, 0.15) is 23.2 Å². The van der Waals surface area contributed by atoms with Gasteiger partial charge in [-0.25, -0.2) is 0 Å². The highest BCUT2D eigenvalue weighted by Gasteiger charge is 2.29. The van der Waals surface area contributed by atoms with Gasteiger partial charge in [-0.2, -0.15) is 0 Å². The number of aliphatic hydroxyl groups is 1. The second-order valence-electron chi connectivity index (χ2n) is 5.13. The van der Waals surface area contributed by atoms with Crippen molar-refractivity contribution in [2.45, 2.75) is 18.9 Å². The van der Waals surface area contributed by atoms with E-state index in [1.165, 1.54) is 12.1 Å². The molecule has 0 heterocycles.